The van der Waals surface area contributed by atoms with E-state index in [1.165, 1.54) is 18.7 Å². The maximum absolute atomic E-state index is 12.7. The van der Waals surface area contributed by atoms with Crippen molar-refractivity contribution in [3.8, 4) is 0 Å². The van der Waals surface area contributed by atoms with E-state index in [-0.39, 0.29) is 11.7 Å². The van der Waals surface area contributed by atoms with Gasteiger partial charge in [0, 0.05) is 18.2 Å². The van der Waals surface area contributed by atoms with Crippen molar-refractivity contribution in [1.82, 2.24) is 5.32 Å². The number of carboxylic acid groups (broad SMARTS) is 1. The molecule has 0 unspecified atom stereocenters. The van der Waals surface area contributed by atoms with Gasteiger partial charge in [-0.1, -0.05) is 78.8 Å². The van der Waals surface area contributed by atoms with Crippen LogP contribution in [0.1, 0.15) is 50.2 Å². The summed E-state index contributed by atoms with van der Waals surface area (Å²) in [6.07, 6.45) is 2.82. The number of rotatable bonds is 10. The molecule has 0 saturated heterocycles. The molecule has 7 heteroatoms. The van der Waals surface area contributed by atoms with Crippen LogP contribution < -0.4 is 5.32 Å². The van der Waals surface area contributed by atoms with E-state index in [0.29, 0.717) is 38.6 Å². The fraction of sp³-hybridized carbons (Fsp3) is 0.423. The molecule has 0 radical (unpaired) electrons. The van der Waals surface area contributed by atoms with Crippen molar-refractivity contribution in [2.24, 2.45) is 5.41 Å². The lowest BCUT2D eigenvalue weighted by Gasteiger charge is -2.42. The molecule has 0 heterocycles. The molecule has 1 saturated carbocycles. The molecule has 1 fully saturated rings. The summed E-state index contributed by atoms with van der Waals surface area (Å²) in [7, 11) is 0. The third kappa shape index (κ3) is 6.16. The Morgan fingerprint density at radius 3 is 2.24 bits per heavy atom. The number of ether oxygens (including phenoxy) is 1. The maximum Gasteiger partial charge on any atom is 0.407 e. The van der Waals surface area contributed by atoms with Gasteiger partial charge in [0.25, 0.3) is 0 Å². The number of thioether (sulfide) groups is 1. The van der Waals surface area contributed by atoms with Crippen molar-refractivity contribution >= 4 is 28.9 Å². The molecule has 1 aliphatic carbocycles. The van der Waals surface area contributed by atoms with E-state index in [1.54, 1.807) is 0 Å². The molecule has 2 atom stereocenters. The van der Waals surface area contributed by atoms with Crippen molar-refractivity contribution in [3.05, 3.63) is 71.8 Å². The van der Waals surface area contributed by atoms with Crippen LogP contribution in [0.5, 0.6) is 0 Å². The van der Waals surface area contributed by atoms with Crippen molar-refractivity contribution < 1.29 is 24.2 Å². The molecule has 0 aliphatic heterocycles. The highest BCUT2D eigenvalue weighted by Gasteiger charge is 2.60. The number of alkyl carbamates (subject to hydrolysis) is 1. The average molecular weight is 470 g/mol. The van der Waals surface area contributed by atoms with E-state index in [9.17, 15) is 19.5 Å². The number of carboxylic acids is 1. The number of amides is 1. The number of aliphatic carboxylic acids is 1. The Labute approximate surface area is 199 Å². The Hall–Kier alpha value is -2.80. The maximum atomic E-state index is 12.7. The zero-order valence-corrected chi connectivity index (χ0v) is 19.7. The van der Waals surface area contributed by atoms with Crippen LogP contribution >= 0.6 is 11.8 Å². The highest BCUT2D eigenvalue weighted by atomic mass is 32.2. The fourth-order valence-electron chi connectivity index (χ4n) is 4.90. The van der Waals surface area contributed by atoms with Crippen LogP contribution in [-0.4, -0.2) is 33.6 Å². The van der Waals surface area contributed by atoms with E-state index in [0.717, 1.165) is 17.5 Å². The highest BCUT2D eigenvalue weighted by molar-refractivity contribution is 8.14. The quantitative estimate of drug-likeness (QED) is 0.464. The third-order valence-corrected chi connectivity index (χ3v) is 7.82. The van der Waals surface area contributed by atoms with Crippen LogP contribution in [0.2, 0.25) is 0 Å². The summed E-state index contributed by atoms with van der Waals surface area (Å²) in [4.78, 5) is 36.9. The number of hydrogen-bond acceptors (Lipinski definition) is 5. The number of carbonyl (C=O) groups excluding carboxylic acids is 2. The number of benzene rings is 2. The lowest BCUT2D eigenvalue weighted by molar-refractivity contribution is -0.150. The molecule has 2 N–H and O–H groups in total. The third-order valence-electron chi connectivity index (χ3n) is 6.40. The van der Waals surface area contributed by atoms with Crippen molar-refractivity contribution in [1.29, 1.82) is 0 Å². The standard InChI is InChI=1S/C26H31NO5S/c1-20(28)33-26(18-21-10-4-2-5-11-21)16-8-14-25(26,23(29)30)15-9-17-27-24(31)32-19-22-12-6-3-7-13-22/h2-7,10-13H,8-9,14-19H2,1H3,(H,27,31)(H,29,30)/t25-,26+/m0/s1. The van der Waals surface area contributed by atoms with Gasteiger partial charge >= 0.3 is 12.1 Å². The molecule has 0 aromatic heterocycles. The number of hydrogen-bond donors (Lipinski definition) is 2. The summed E-state index contributed by atoms with van der Waals surface area (Å²) in [5, 5.41) is 13.0. The van der Waals surface area contributed by atoms with Gasteiger partial charge in [-0.15, -0.1) is 0 Å². The van der Waals surface area contributed by atoms with Gasteiger partial charge in [-0.2, -0.15) is 0 Å². The lowest BCUT2D eigenvalue weighted by Crippen LogP contribution is -2.49. The summed E-state index contributed by atoms with van der Waals surface area (Å²) < 4.78 is 4.52. The predicted octanol–water partition coefficient (Wildman–Crippen LogP) is 5.21. The van der Waals surface area contributed by atoms with Crippen LogP contribution in [0.25, 0.3) is 0 Å². The Morgan fingerprint density at radius 2 is 1.64 bits per heavy atom. The van der Waals surface area contributed by atoms with Gasteiger partial charge in [-0.25, -0.2) is 4.79 Å². The van der Waals surface area contributed by atoms with Crippen LogP contribution in [0.3, 0.4) is 0 Å². The first kappa shape index (κ1) is 24.8. The molecule has 176 valence electrons. The van der Waals surface area contributed by atoms with Crippen molar-refractivity contribution in [3.63, 3.8) is 0 Å². The van der Waals surface area contributed by atoms with Crippen molar-refractivity contribution in [2.75, 3.05) is 6.54 Å². The first-order valence-electron chi connectivity index (χ1n) is 11.3. The van der Waals surface area contributed by atoms with E-state index in [1.807, 2.05) is 60.7 Å². The molecular formula is C26H31NO5S. The van der Waals surface area contributed by atoms with Gasteiger partial charge < -0.3 is 15.2 Å². The Bertz CT molecular complexity index is 952. The first-order chi connectivity index (χ1) is 15.9. The van der Waals surface area contributed by atoms with E-state index in [2.05, 4.69) is 5.32 Å². The van der Waals surface area contributed by atoms with Gasteiger partial charge in [0.05, 0.1) is 5.41 Å². The van der Waals surface area contributed by atoms with E-state index in [4.69, 9.17) is 4.74 Å². The van der Waals surface area contributed by atoms with Gasteiger partial charge in [0.2, 0.25) is 0 Å². The van der Waals surface area contributed by atoms with Crippen LogP contribution in [-0.2, 0) is 27.4 Å². The summed E-state index contributed by atoms with van der Waals surface area (Å²) >= 11 is 1.18. The second-order valence-corrected chi connectivity index (χ2v) is 10.1. The summed E-state index contributed by atoms with van der Waals surface area (Å²) in [5.74, 6) is -0.865. The summed E-state index contributed by atoms with van der Waals surface area (Å²) in [6, 6.07) is 19.2. The van der Waals surface area contributed by atoms with Gasteiger partial charge in [-0.05, 0) is 43.2 Å². The average Bonchev–Trinajstić information content (AvgIpc) is 3.14. The van der Waals surface area contributed by atoms with E-state index >= 15 is 0 Å². The van der Waals surface area contributed by atoms with Gasteiger partial charge in [0.15, 0.2) is 5.12 Å². The monoisotopic (exact) mass is 469 g/mol. The Balaban J connectivity index is 1.64. The zero-order chi connectivity index (χ0) is 23.7. The topological polar surface area (TPSA) is 92.7 Å². The normalized spacial score (nSPS) is 22.0. The van der Waals surface area contributed by atoms with Crippen LogP contribution in [0, 0.1) is 5.41 Å². The van der Waals surface area contributed by atoms with Crippen LogP contribution in [0.4, 0.5) is 4.79 Å². The van der Waals surface area contributed by atoms with Crippen molar-refractivity contribution in [2.45, 2.75) is 56.8 Å². The molecule has 1 aliphatic rings. The molecule has 2 aromatic carbocycles. The van der Waals surface area contributed by atoms with Gasteiger partial charge in [-0.3, -0.25) is 9.59 Å². The molecule has 0 spiro atoms. The number of carbonyl (C=O) groups is 3. The minimum atomic E-state index is -1.03. The molecule has 2 aromatic rings. The largest absolute Gasteiger partial charge is 0.481 e. The summed E-state index contributed by atoms with van der Waals surface area (Å²) in [5.41, 5.74) is 0.895. The zero-order valence-electron chi connectivity index (χ0n) is 18.9. The minimum Gasteiger partial charge on any atom is -0.481 e. The predicted molar refractivity (Wildman–Crippen MR) is 129 cm³/mol. The fourth-order valence-corrected chi connectivity index (χ4v) is 6.42. The Morgan fingerprint density at radius 1 is 1.00 bits per heavy atom. The lowest BCUT2D eigenvalue weighted by atomic mass is 9.71. The molecule has 33 heavy (non-hydrogen) atoms. The molecule has 1 amide bonds. The molecular weight excluding hydrogens is 438 g/mol. The SMILES string of the molecule is CC(=O)S[C@@]1(Cc2ccccc2)CCC[C@]1(CCCNC(=O)OCc1ccccc1)C(=O)O. The second-order valence-electron chi connectivity index (χ2n) is 8.58. The van der Waals surface area contributed by atoms with Gasteiger partial charge in [0.1, 0.15) is 6.61 Å². The Kier molecular flexibility index (Phi) is 8.55. The molecule has 0 bridgehead atoms. The number of nitrogens with one attached hydrogen (secondary N) is 1. The van der Waals surface area contributed by atoms with Crippen LogP contribution in [0.15, 0.2) is 60.7 Å². The molecule has 3 rings (SSSR count). The first-order valence-corrected chi connectivity index (χ1v) is 12.1. The highest BCUT2D eigenvalue weighted by Crippen LogP contribution is 2.58. The smallest absolute Gasteiger partial charge is 0.407 e. The summed E-state index contributed by atoms with van der Waals surface area (Å²) in [6.45, 7) is 2.00. The molecule has 6 nitrogen and oxygen atoms in total. The second kappa shape index (κ2) is 11.4. The van der Waals surface area contributed by atoms with E-state index < -0.39 is 22.2 Å². The minimum absolute atomic E-state index is 0.0685.